The summed E-state index contributed by atoms with van der Waals surface area (Å²) < 4.78 is 0. The molecule has 2 rings (SSSR count). The highest BCUT2D eigenvalue weighted by atomic mass is 16.1. The summed E-state index contributed by atoms with van der Waals surface area (Å²) >= 11 is 0. The van der Waals surface area contributed by atoms with Crippen LogP contribution in [0.4, 0.5) is 0 Å². The fourth-order valence-corrected chi connectivity index (χ4v) is 2.16. The van der Waals surface area contributed by atoms with Crippen LogP contribution in [0.1, 0.15) is 37.4 Å². The Morgan fingerprint density at radius 3 is 2.88 bits per heavy atom. The molecule has 2 heterocycles. The number of rotatable bonds is 4. The highest BCUT2D eigenvalue weighted by molar-refractivity contribution is 5.84. The monoisotopic (exact) mass is 230 g/mol. The number of aromatic amines is 1. The van der Waals surface area contributed by atoms with Crippen molar-refractivity contribution in [2.24, 2.45) is 0 Å². The third-order valence-electron chi connectivity index (χ3n) is 3.22. The summed E-state index contributed by atoms with van der Waals surface area (Å²) in [6, 6.07) is 1.92. The standard InChI is InChI=1S/C14H18N2O/c1-3-4-5-6-13-10(2)11-7-8-15-9-12(11)14(17)16-13/h7-9H,3-6H2,1-2H3,(H,16,17). The van der Waals surface area contributed by atoms with E-state index in [0.29, 0.717) is 5.39 Å². The summed E-state index contributed by atoms with van der Waals surface area (Å²) in [5, 5.41) is 1.71. The van der Waals surface area contributed by atoms with Gasteiger partial charge in [0.1, 0.15) is 0 Å². The van der Waals surface area contributed by atoms with Gasteiger partial charge in [0.05, 0.1) is 5.39 Å². The lowest BCUT2D eigenvalue weighted by Crippen LogP contribution is -2.12. The Labute approximate surface area is 101 Å². The van der Waals surface area contributed by atoms with Gasteiger partial charge in [0.25, 0.3) is 5.56 Å². The molecular weight excluding hydrogens is 212 g/mol. The van der Waals surface area contributed by atoms with Crippen LogP contribution in [-0.4, -0.2) is 9.97 Å². The number of aryl methyl sites for hydroxylation is 2. The maximum atomic E-state index is 11.9. The molecule has 0 spiro atoms. The number of nitrogens with one attached hydrogen (secondary N) is 1. The first-order chi connectivity index (χ1) is 8.24. The topological polar surface area (TPSA) is 45.8 Å². The van der Waals surface area contributed by atoms with Gasteiger partial charge in [-0.05, 0) is 36.8 Å². The van der Waals surface area contributed by atoms with E-state index in [1.807, 2.05) is 6.07 Å². The summed E-state index contributed by atoms with van der Waals surface area (Å²) in [5.41, 5.74) is 2.23. The van der Waals surface area contributed by atoms with E-state index >= 15 is 0 Å². The second-order valence-corrected chi connectivity index (χ2v) is 4.44. The molecule has 90 valence electrons. The van der Waals surface area contributed by atoms with E-state index in [9.17, 15) is 4.79 Å². The predicted molar refractivity (Wildman–Crippen MR) is 70.3 cm³/mol. The van der Waals surface area contributed by atoms with Gasteiger partial charge in [-0.2, -0.15) is 0 Å². The van der Waals surface area contributed by atoms with Crippen LogP contribution < -0.4 is 5.56 Å². The zero-order valence-electron chi connectivity index (χ0n) is 10.4. The van der Waals surface area contributed by atoms with Crippen LogP contribution in [-0.2, 0) is 6.42 Å². The minimum atomic E-state index is -0.0230. The van der Waals surface area contributed by atoms with E-state index in [1.54, 1.807) is 12.4 Å². The Kier molecular flexibility index (Phi) is 3.57. The van der Waals surface area contributed by atoms with Crippen molar-refractivity contribution in [1.29, 1.82) is 0 Å². The number of nitrogens with zero attached hydrogens (tertiary/aromatic N) is 1. The number of unbranched alkanes of at least 4 members (excludes halogenated alkanes) is 2. The predicted octanol–water partition coefficient (Wildman–Crippen LogP) is 2.96. The van der Waals surface area contributed by atoms with E-state index in [-0.39, 0.29) is 5.56 Å². The molecule has 0 aliphatic carbocycles. The van der Waals surface area contributed by atoms with Crippen molar-refractivity contribution in [2.45, 2.75) is 39.5 Å². The smallest absolute Gasteiger partial charge is 0.257 e. The van der Waals surface area contributed by atoms with Gasteiger partial charge in [0.15, 0.2) is 0 Å². The van der Waals surface area contributed by atoms with Crippen LogP contribution in [0.25, 0.3) is 10.8 Å². The molecule has 1 N–H and O–H groups in total. The molecule has 0 atom stereocenters. The molecule has 0 saturated carbocycles. The summed E-state index contributed by atoms with van der Waals surface area (Å²) in [5.74, 6) is 0. The van der Waals surface area contributed by atoms with Gasteiger partial charge in [-0.1, -0.05) is 19.8 Å². The molecule has 0 bridgehead atoms. The maximum Gasteiger partial charge on any atom is 0.257 e. The molecule has 2 aromatic rings. The second-order valence-electron chi connectivity index (χ2n) is 4.44. The average molecular weight is 230 g/mol. The summed E-state index contributed by atoms with van der Waals surface area (Å²) in [6.07, 6.45) is 7.86. The van der Waals surface area contributed by atoms with Crippen LogP contribution >= 0.6 is 0 Å². The van der Waals surface area contributed by atoms with Crippen molar-refractivity contribution in [3.05, 3.63) is 40.1 Å². The molecule has 3 nitrogen and oxygen atoms in total. The van der Waals surface area contributed by atoms with Crippen molar-refractivity contribution in [1.82, 2.24) is 9.97 Å². The van der Waals surface area contributed by atoms with Crippen LogP contribution in [0.2, 0.25) is 0 Å². The summed E-state index contributed by atoms with van der Waals surface area (Å²) in [7, 11) is 0. The largest absolute Gasteiger partial charge is 0.325 e. The molecule has 0 aliphatic heterocycles. The average Bonchev–Trinajstić information content (AvgIpc) is 2.36. The molecular formula is C14H18N2O. The molecule has 0 fully saturated rings. The van der Waals surface area contributed by atoms with E-state index in [1.165, 1.54) is 18.4 Å². The minimum Gasteiger partial charge on any atom is -0.325 e. The van der Waals surface area contributed by atoms with Gasteiger partial charge in [0.2, 0.25) is 0 Å². The first-order valence-electron chi connectivity index (χ1n) is 6.19. The third-order valence-corrected chi connectivity index (χ3v) is 3.22. The van der Waals surface area contributed by atoms with E-state index in [0.717, 1.165) is 23.9 Å². The first kappa shape index (κ1) is 11.8. The highest BCUT2D eigenvalue weighted by Crippen LogP contribution is 2.17. The van der Waals surface area contributed by atoms with Gasteiger partial charge in [-0.3, -0.25) is 9.78 Å². The number of H-pyrrole nitrogens is 1. The molecule has 0 aliphatic rings. The lowest BCUT2D eigenvalue weighted by molar-refractivity contribution is 0.704. The van der Waals surface area contributed by atoms with Crippen LogP contribution in [0.5, 0.6) is 0 Å². The normalized spacial score (nSPS) is 10.9. The first-order valence-corrected chi connectivity index (χ1v) is 6.19. The Balaban J connectivity index is 2.44. The van der Waals surface area contributed by atoms with Crippen molar-refractivity contribution < 1.29 is 0 Å². The Hall–Kier alpha value is -1.64. The van der Waals surface area contributed by atoms with Crippen molar-refractivity contribution >= 4 is 10.8 Å². The number of aromatic nitrogens is 2. The molecule has 0 aromatic carbocycles. The number of pyridine rings is 2. The molecule has 0 amide bonds. The van der Waals surface area contributed by atoms with Gasteiger partial charge in [-0.25, -0.2) is 0 Å². The van der Waals surface area contributed by atoms with Gasteiger partial charge in [-0.15, -0.1) is 0 Å². The fraction of sp³-hybridized carbons (Fsp3) is 0.429. The summed E-state index contributed by atoms with van der Waals surface area (Å²) in [6.45, 7) is 4.25. The highest BCUT2D eigenvalue weighted by Gasteiger charge is 2.07. The molecule has 0 radical (unpaired) electrons. The van der Waals surface area contributed by atoms with Crippen molar-refractivity contribution in [2.75, 3.05) is 0 Å². The van der Waals surface area contributed by atoms with Crippen molar-refractivity contribution in [3.63, 3.8) is 0 Å². The van der Waals surface area contributed by atoms with E-state index < -0.39 is 0 Å². The maximum absolute atomic E-state index is 11.9. The fourth-order valence-electron chi connectivity index (χ4n) is 2.16. The molecule has 2 aromatic heterocycles. The van der Waals surface area contributed by atoms with Crippen LogP contribution in [0.15, 0.2) is 23.3 Å². The molecule has 0 saturated heterocycles. The summed E-state index contributed by atoms with van der Waals surface area (Å²) in [4.78, 5) is 18.9. The van der Waals surface area contributed by atoms with Crippen molar-refractivity contribution in [3.8, 4) is 0 Å². The van der Waals surface area contributed by atoms with E-state index in [4.69, 9.17) is 0 Å². The number of fused-ring (bicyclic) bond motifs is 1. The third kappa shape index (κ3) is 2.38. The van der Waals surface area contributed by atoms with Gasteiger partial charge in [0, 0.05) is 18.1 Å². The molecule has 3 heteroatoms. The Morgan fingerprint density at radius 2 is 2.12 bits per heavy atom. The Morgan fingerprint density at radius 1 is 1.29 bits per heavy atom. The molecule has 0 unspecified atom stereocenters. The SMILES string of the molecule is CCCCCc1[nH]c(=O)c2cnccc2c1C. The second kappa shape index (κ2) is 5.13. The van der Waals surface area contributed by atoms with E-state index in [2.05, 4.69) is 23.8 Å². The van der Waals surface area contributed by atoms with Crippen LogP contribution in [0, 0.1) is 6.92 Å². The lowest BCUT2D eigenvalue weighted by Gasteiger charge is -2.08. The molecule has 17 heavy (non-hydrogen) atoms. The number of hydrogen-bond acceptors (Lipinski definition) is 2. The van der Waals surface area contributed by atoms with Gasteiger partial charge < -0.3 is 4.98 Å². The van der Waals surface area contributed by atoms with Crippen LogP contribution in [0.3, 0.4) is 0 Å². The Bertz CT molecular complexity index is 572. The zero-order valence-corrected chi connectivity index (χ0v) is 10.4. The lowest BCUT2D eigenvalue weighted by atomic mass is 10.0. The quantitative estimate of drug-likeness (QED) is 0.821. The number of hydrogen-bond donors (Lipinski definition) is 1. The van der Waals surface area contributed by atoms with Gasteiger partial charge >= 0.3 is 0 Å². The zero-order chi connectivity index (χ0) is 12.3. The minimum absolute atomic E-state index is 0.0230.